The van der Waals surface area contributed by atoms with E-state index in [9.17, 15) is 9.59 Å². The standard InChI is InChI=1S/C37H31ClN2O6S/c1-4-45-36(42)32-33(25-12-6-5-7-13-25)39-37-40(34(32)26-16-17-29(43-2)30(21-26)44-3)35(41)31(47-37)20-23-10-9-15-28(19-23)46-22-24-11-8-14-27(38)18-24/h5-21,34H,4,22H2,1-3H3/b31-20-/t34-/m0/s1. The summed E-state index contributed by atoms with van der Waals surface area (Å²) in [4.78, 5) is 33.4. The van der Waals surface area contributed by atoms with Gasteiger partial charge in [-0.1, -0.05) is 83.6 Å². The quantitative estimate of drug-likeness (QED) is 0.165. The first-order chi connectivity index (χ1) is 22.9. The second-order valence-corrected chi connectivity index (χ2v) is 12.0. The summed E-state index contributed by atoms with van der Waals surface area (Å²) in [6.45, 7) is 2.24. The lowest BCUT2D eigenvalue weighted by molar-refractivity contribution is -0.138. The molecule has 0 fully saturated rings. The molecule has 4 aromatic carbocycles. The largest absolute Gasteiger partial charge is 0.493 e. The molecule has 0 unspecified atom stereocenters. The first-order valence-electron chi connectivity index (χ1n) is 14.9. The van der Waals surface area contributed by atoms with Gasteiger partial charge in [0.05, 0.1) is 42.7 Å². The fraction of sp³-hybridized carbons (Fsp3) is 0.162. The van der Waals surface area contributed by atoms with Crippen LogP contribution in [0.15, 0.2) is 112 Å². The van der Waals surface area contributed by atoms with Crippen molar-refractivity contribution in [1.29, 1.82) is 0 Å². The van der Waals surface area contributed by atoms with Gasteiger partial charge < -0.3 is 18.9 Å². The zero-order valence-electron chi connectivity index (χ0n) is 25.9. The van der Waals surface area contributed by atoms with Crippen LogP contribution < -0.4 is 29.1 Å². The Hall–Kier alpha value is -5.12. The summed E-state index contributed by atoms with van der Waals surface area (Å²) < 4.78 is 24.6. The molecule has 0 amide bonds. The van der Waals surface area contributed by atoms with E-state index in [-0.39, 0.29) is 17.7 Å². The van der Waals surface area contributed by atoms with E-state index in [4.69, 9.17) is 35.5 Å². The van der Waals surface area contributed by atoms with Crippen LogP contribution in [0, 0.1) is 0 Å². The topological polar surface area (TPSA) is 88.4 Å². The number of methoxy groups -OCH3 is 2. The van der Waals surface area contributed by atoms with Gasteiger partial charge in [0.25, 0.3) is 5.56 Å². The number of benzene rings is 4. The van der Waals surface area contributed by atoms with Crippen molar-refractivity contribution >= 4 is 40.7 Å². The van der Waals surface area contributed by atoms with Crippen molar-refractivity contribution in [2.24, 2.45) is 4.99 Å². The average Bonchev–Trinajstić information content (AvgIpc) is 3.40. The van der Waals surface area contributed by atoms with E-state index in [2.05, 4.69) is 0 Å². The number of esters is 1. The lowest BCUT2D eigenvalue weighted by atomic mass is 9.93. The molecule has 2 heterocycles. The van der Waals surface area contributed by atoms with Crippen LogP contribution in [0.5, 0.6) is 17.2 Å². The number of nitrogens with zero attached hydrogens (tertiary/aromatic N) is 2. The Labute approximate surface area is 280 Å². The summed E-state index contributed by atoms with van der Waals surface area (Å²) >= 11 is 7.37. The average molecular weight is 667 g/mol. The molecule has 5 aromatic rings. The van der Waals surface area contributed by atoms with Gasteiger partial charge in [-0.25, -0.2) is 9.79 Å². The molecule has 10 heteroatoms. The number of fused-ring (bicyclic) bond motifs is 1. The summed E-state index contributed by atoms with van der Waals surface area (Å²) in [5.41, 5.74) is 3.47. The summed E-state index contributed by atoms with van der Waals surface area (Å²) in [6.07, 6.45) is 1.80. The van der Waals surface area contributed by atoms with Gasteiger partial charge in [-0.15, -0.1) is 0 Å². The monoisotopic (exact) mass is 666 g/mol. The molecule has 0 spiro atoms. The van der Waals surface area contributed by atoms with Crippen LogP contribution in [-0.2, 0) is 16.1 Å². The first kappa shape index (κ1) is 31.8. The highest BCUT2D eigenvalue weighted by Gasteiger charge is 2.35. The molecule has 1 aromatic heterocycles. The minimum atomic E-state index is -0.852. The normalized spacial score (nSPS) is 14.3. The lowest BCUT2D eigenvalue weighted by Crippen LogP contribution is -2.40. The van der Waals surface area contributed by atoms with Gasteiger partial charge in [0, 0.05) is 10.6 Å². The number of hydrogen-bond donors (Lipinski definition) is 0. The maximum atomic E-state index is 14.3. The summed E-state index contributed by atoms with van der Waals surface area (Å²) in [5.74, 6) is 1.06. The number of carbonyl (C=O) groups is 1. The van der Waals surface area contributed by atoms with E-state index in [0.717, 1.165) is 16.7 Å². The molecule has 1 atom stereocenters. The molecule has 47 heavy (non-hydrogen) atoms. The van der Waals surface area contributed by atoms with Crippen molar-refractivity contribution in [3.8, 4) is 17.2 Å². The zero-order chi connectivity index (χ0) is 32.9. The Morgan fingerprint density at radius 3 is 2.47 bits per heavy atom. The zero-order valence-corrected chi connectivity index (χ0v) is 27.5. The fourth-order valence-electron chi connectivity index (χ4n) is 5.42. The molecule has 0 aliphatic carbocycles. The van der Waals surface area contributed by atoms with E-state index in [1.807, 2.05) is 84.9 Å². The van der Waals surface area contributed by atoms with Crippen LogP contribution in [-0.4, -0.2) is 31.4 Å². The maximum absolute atomic E-state index is 14.3. The molecule has 238 valence electrons. The van der Waals surface area contributed by atoms with Gasteiger partial charge in [-0.2, -0.15) is 0 Å². The maximum Gasteiger partial charge on any atom is 0.338 e. The van der Waals surface area contributed by atoms with E-state index in [1.54, 1.807) is 36.8 Å². The lowest BCUT2D eigenvalue weighted by Gasteiger charge is -2.26. The Morgan fingerprint density at radius 2 is 1.72 bits per heavy atom. The molecule has 0 radical (unpaired) electrons. The van der Waals surface area contributed by atoms with Crippen molar-refractivity contribution in [2.75, 3.05) is 20.8 Å². The van der Waals surface area contributed by atoms with Gasteiger partial charge >= 0.3 is 5.97 Å². The van der Waals surface area contributed by atoms with Gasteiger partial charge in [0.15, 0.2) is 16.3 Å². The van der Waals surface area contributed by atoms with Crippen molar-refractivity contribution < 1.29 is 23.7 Å². The Morgan fingerprint density at radius 1 is 0.936 bits per heavy atom. The summed E-state index contributed by atoms with van der Waals surface area (Å²) in [7, 11) is 3.09. The molecule has 8 nitrogen and oxygen atoms in total. The van der Waals surface area contributed by atoms with Crippen LogP contribution in [0.4, 0.5) is 0 Å². The number of aromatic nitrogens is 1. The molecule has 1 aliphatic heterocycles. The van der Waals surface area contributed by atoms with Crippen LogP contribution in [0.1, 0.15) is 35.2 Å². The van der Waals surface area contributed by atoms with Gasteiger partial charge in [0.1, 0.15) is 12.4 Å². The predicted octanol–water partition coefficient (Wildman–Crippen LogP) is 6.19. The van der Waals surface area contributed by atoms with E-state index in [0.29, 0.717) is 49.5 Å². The van der Waals surface area contributed by atoms with Crippen molar-refractivity contribution in [3.63, 3.8) is 0 Å². The minimum absolute atomic E-state index is 0.156. The molecular formula is C37H31ClN2O6S. The molecule has 1 aliphatic rings. The Kier molecular flexibility index (Phi) is 9.56. The van der Waals surface area contributed by atoms with Crippen molar-refractivity contribution in [2.45, 2.75) is 19.6 Å². The van der Waals surface area contributed by atoms with Crippen LogP contribution >= 0.6 is 22.9 Å². The molecule has 0 saturated carbocycles. The van der Waals surface area contributed by atoms with Crippen LogP contribution in [0.2, 0.25) is 5.02 Å². The highest BCUT2D eigenvalue weighted by molar-refractivity contribution is 7.07. The Bertz CT molecular complexity index is 2160. The third kappa shape index (κ3) is 6.72. The van der Waals surface area contributed by atoms with Gasteiger partial charge in [-0.05, 0) is 66.1 Å². The molecular weight excluding hydrogens is 636 g/mol. The van der Waals surface area contributed by atoms with Crippen LogP contribution in [0.3, 0.4) is 0 Å². The summed E-state index contributed by atoms with van der Waals surface area (Å²) in [6, 6.07) is 28.9. The second-order valence-electron chi connectivity index (χ2n) is 10.5. The second kappa shape index (κ2) is 14.1. The highest BCUT2D eigenvalue weighted by atomic mass is 35.5. The third-order valence-electron chi connectivity index (χ3n) is 7.55. The smallest absolute Gasteiger partial charge is 0.338 e. The number of ether oxygens (including phenoxy) is 4. The number of rotatable bonds is 10. The molecule has 0 bridgehead atoms. The van der Waals surface area contributed by atoms with E-state index >= 15 is 0 Å². The first-order valence-corrected chi connectivity index (χ1v) is 16.1. The van der Waals surface area contributed by atoms with E-state index in [1.165, 1.54) is 18.4 Å². The Balaban J connectivity index is 1.50. The molecule has 0 saturated heterocycles. The predicted molar refractivity (Wildman–Crippen MR) is 183 cm³/mol. The number of halogens is 1. The molecule has 6 rings (SSSR count). The SMILES string of the molecule is CCOC(=O)C1=C(c2ccccc2)N=c2s/c(=C\c3cccc(OCc4cccc(Cl)c4)c3)c(=O)n2[C@H]1c1ccc(OC)c(OC)c1. The number of hydrogen-bond acceptors (Lipinski definition) is 8. The van der Waals surface area contributed by atoms with Crippen molar-refractivity contribution in [1.82, 2.24) is 4.57 Å². The summed E-state index contributed by atoms with van der Waals surface area (Å²) in [5, 5.41) is 0.642. The number of thiazole rings is 1. The van der Waals surface area contributed by atoms with Gasteiger partial charge in [0.2, 0.25) is 0 Å². The minimum Gasteiger partial charge on any atom is -0.493 e. The van der Waals surface area contributed by atoms with Crippen molar-refractivity contribution in [3.05, 3.63) is 150 Å². The third-order valence-corrected chi connectivity index (χ3v) is 8.77. The van der Waals surface area contributed by atoms with Crippen LogP contribution in [0.25, 0.3) is 11.8 Å². The van der Waals surface area contributed by atoms with E-state index < -0.39 is 12.0 Å². The number of carbonyl (C=O) groups excluding carboxylic acids is 1. The fourth-order valence-corrected chi connectivity index (χ4v) is 6.63. The highest BCUT2D eigenvalue weighted by Crippen LogP contribution is 2.38. The van der Waals surface area contributed by atoms with Gasteiger partial charge in [-0.3, -0.25) is 9.36 Å². The molecule has 0 N–H and O–H groups in total.